The molecule has 0 aliphatic carbocycles. The number of hydrogen-bond acceptors (Lipinski definition) is 5. The Balaban J connectivity index is 2.41. The van der Waals surface area contributed by atoms with Crippen molar-refractivity contribution >= 4 is 17.7 Å². The monoisotopic (exact) mass is 253 g/mol. The highest BCUT2D eigenvalue weighted by Crippen LogP contribution is 2.13. The summed E-state index contributed by atoms with van der Waals surface area (Å²) >= 11 is 0. The third-order valence-corrected chi connectivity index (χ3v) is 2.03. The minimum Gasteiger partial charge on any atom is -0.349 e. The van der Waals surface area contributed by atoms with Crippen molar-refractivity contribution in [3.8, 4) is 0 Å². The minimum atomic E-state index is -0.960. The average molecular weight is 253 g/mol. The lowest BCUT2D eigenvalue weighted by atomic mass is 10.1. The molecule has 18 heavy (non-hydrogen) atoms. The summed E-state index contributed by atoms with van der Waals surface area (Å²) in [5.74, 6) is -0.646. The summed E-state index contributed by atoms with van der Waals surface area (Å²) in [7, 11) is 0. The molecule has 1 rings (SSSR count). The lowest BCUT2D eigenvalue weighted by Crippen LogP contribution is -2.31. The first-order chi connectivity index (χ1) is 8.49. The summed E-state index contributed by atoms with van der Waals surface area (Å²) in [6.45, 7) is 0. The van der Waals surface area contributed by atoms with Crippen LogP contribution in [0, 0.1) is 10.1 Å². The first-order valence-corrected chi connectivity index (χ1v) is 4.97. The molecule has 8 nitrogen and oxygen atoms in total. The van der Waals surface area contributed by atoms with Crippen molar-refractivity contribution in [3.63, 3.8) is 0 Å². The third kappa shape index (κ3) is 4.47. The molecule has 0 heterocycles. The fourth-order valence-corrected chi connectivity index (χ4v) is 1.19. The van der Waals surface area contributed by atoms with Crippen LogP contribution in [0.2, 0.25) is 0 Å². The molecule has 0 spiro atoms. The Bertz CT molecular complexity index is 457. The topological polar surface area (TPSA) is 125 Å². The normalized spacial score (nSPS) is 9.56. The van der Waals surface area contributed by atoms with Crippen LogP contribution < -0.4 is 11.2 Å². The van der Waals surface area contributed by atoms with E-state index in [0.717, 1.165) is 5.56 Å². The van der Waals surface area contributed by atoms with Crippen molar-refractivity contribution < 1.29 is 19.3 Å². The third-order valence-electron chi connectivity index (χ3n) is 2.03. The van der Waals surface area contributed by atoms with Crippen LogP contribution in [0.25, 0.3) is 0 Å². The number of primary amides is 1. The number of benzene rings is 1. The minimum absolute atomic E-state index is 0.0169. The second-order valence-corrected chi connectivity index (χ2v) is 3.36. The van der Waals surface area contributed by atoms with Crippen LogP contribution in [0.15, 0.2) is 24.3 Å². The van der Waals surface area contributed by atoms with Crippen LogP contribution in [0.4, 0.5) is 10.5 Å². The van der Waals surface area contributed by atoms with E-state index in [-0.39, 0.29) is 12.1 Å². The van der Waals surface area contributed by atoms with Gasteiger partial charge in [0.1, 0.15) is 0 Å². The molecule has 96 valence electrons. The summed E-state index contributed by atoms with van der Waals surface area (Å²) in [4.78, 5) is 35.6. The number of amides is 2. The number of rotatable bonds is 4. The standard InChI is InChI=1S/C10H11N3O5/c11-10(15)12-18-9(14)6-3-7-1-4-8(5-2-7)13(16)17/h1-2,4-5H,3,6H2,(H3,11,12,15). The van der Waals surface area contributed by atoms with Crippen molar-refractivity contribution in [1.29, 1.82) is 0 Å². The highest BCUT2D eigenvalue weighted by molar-refractivity contribution is 5.75. The van der Waals surface area contributed by atoms with Gasteiger partial charge in [0.2, 0.25) is 0 Å². The van der Waals surface area contributed by atoms with Crippen molar-refractivity contribution in [2.24, 2.45) is 5.73 Å². The second-order valence-electron chi connectivity index (χ2n) is 3.36. The van der Waals surface area contributed by atoms with Gasteiger partial charge in [0.15, 0.2) is 0 Å². The van der Waals surface area contributed by atoms with Gasteiger partial charge >= 0.3 is 12.0 Å². The zero-order valence-electron chi connectivity index (χ0n) is 9.29. The molecule has 0 aromatic heterocycles. The number of nitro groups is 1. The van der Waals surface area contributed by atoms with Gasteiger partial charge in [0, 0.05) is 12.1 Å². The van der Waals surface area contributed by atoms with E-state index in [9.17, 15) is 19.7 Å². The number of hydroxylamine groups is 1. The van der Waals surface area contributed by atoms with Crippen LogP contribution >= 0.6 is 0 Å². The predicted octanol–water partition coefficient (Wildman–Crippen LogP) is 0.654. The SMILES string of the molecule is NC(=O)NOC(=O)CCc1ccc([N+](=O)[O-])cc1. The number of nitro benzene ring substituents is 1. The molecule has 0 bridgehead atoms. The number of urea groups is 1. The summed E-state index contributed by atoms with van der Waals surface area (Å²) in [6, 6.07) is 4.84. The number of aryl methyl sites for hydroxylation is 1. The van der Waals surface area contributed by atoms with Gasteiger partial charge in [-0.15, -0.1) is 0 Å². The molecule has 0 saturated heterocycles. The van der Waals surface area contributed by atoms with Crippen LogP contribution in [0.3, 0.4) is 0 Å². The summed E-state index contributed by atoms with van der Waals surface area (Å²) < 4.78 is 0. The van der Waals surface area contributed by atoms with Gasteiger partial charge in [-0.3, -0.25) is 10.1 Å². The van der Waals surface area contributed by atoms with E-state index in [4.69, 9.17) is 5.73 Å². The molecule has 2 amide bonds. The van der Waals surface area contributed by atoms with Gasteiger partial charge in [-0.25, -0.2) is 9.59 Å². The highest BCUT2D eigenvalue weighted by atomic mass is 16.7. The Morgan fingerprint density at radius 1 is 1.33 bits per heavy atom. The number of carbonyl (C=O) groups is 2. The van der Waals surface area contributed by atoms with Gasteiger partial charge in [-0.2, -0.15) is 5.48 Å². The zero-order chi connectivity index (χ0) is 13.5. The molecule has 0 aliphatic heterocycles. The molecule has 0 saturated carbocycles. The number of nitrogens with one attached hydrogen (secondary N) is 1. The van der Waals surface area contributed by atoms with E-state index in [1.807, 2.05) is 0 Å². The molecule has 1 aromatic rings. The van der Waals surface area contributed by atoms with E-state index in [1.165, 1.54) is 12.1 Å². The number of non-ortho nitro benzene ring substituents is 1. The number of nitrogens with two attached hydrogens (primary N) is 1. The fourth-order valence-electron chi connectivity index (χ4n) is 1.19. The first kappa shape index (κ1) is 13.4. The quantitative estimate of drug-likeness (QED) is 0.602. The van der Waals surface area contributed by atoms with E-state index < -0.39 is 16.9 Å². The van der Waals surface area contributed by atoms with Crippen LogP contribution in [0.5, 0.6) is 0 Å². The molecule has 0 aliphatic rings. The van der Waals surface area contributed by atoms with Gasteiger partial charge in [0.25, 0.3) is 5.69 Å². The first-order valence-electron chi connectivity index (χ1n) is 4.97. The maximum Gasteiger partial charge on any atom is 0.345 e. The Hall–Kier alpha value is -2.64. The van der Waals surface area contributed by atoms with E-state index >= 15 is 0 Å². The Morgan fingerprint density at radius 2 is 1.94 bits per heavy atom. The van der Waals surface area contributed by atoms with Gasteiger partial charge in [0.05, 0.1) is 11.3 Å². The van der Waals surface area contributed by atoms with Crippen LogP contribution in [0.1, 0.15) is 12.0 Å². The number of nitrogens with zero attached hydrogens (tertiary/aromatic N) is 1. The maximum atomic E-state index is 11.1. The molecule has 0 unspecified atom stereocenters. The predicted molar refractivity (Wildman–Crippen MR) is 60.2 cm³/mol. The van der Waals surface area contributed by atoms with Crippen molar-refractivity contribution in [2.75, 3.05) is 0 Å². The number of hydrogen-bond donors (Lipinski definition) is 2. The summed E-state index contributed by atoms with van der Waals surface area (Å²) in [5, 5.41) is 10.4. The van der Waals surface area contributed by atoms with Crippen molar-refractivity contribution in [2.45, 2.75) is 12.8 Å². The summed E-state index contributed by atoms with van der Waals surface area (Å²) in [6.07, 6.45) is 0.370. The molecule has 0 fully saturated rings. The average Bonchev–Trinajstić information content (AvgIpc) is 2.34. The van der Waals surface area contributed by atoms with E-state index in [0.29, 0.717) is 6.42 Å². The smallest absolute Gasteiger partial charge is 0.345 e. The molecule has 0 atom stereocenters. The largest absolute Gasteiger partial charge is 0.349 e. The van der Waals surface area contributed by atoms with Gasteiger partial charge < -0.3 is 10.6 Å². The Kier molecular flexibility index (Phi) is 4.61. The van der Waals surface area contributed by atoms with Gasteiger partial charge in [-0.1, -0.05) is 12.1 Å². The molecular weight excluding hydrogens is 242 g/mol. The summed E-state index contributed by atoms with van der Waals surface area (Å²) in [5.41, 5.74) is 7.14. The molecule has 1 aromatic carbocycles. The van der Waals surface area contributed by atoms with E-state index in [1.54, 1.807) is 17.6 Å². The maximum absolute atomic E-state index is 11.1. The number of carbonyl (C=O) groups excluding carboxylic acids is 2. The molecule has 8 heteroatoms. The van der Waals surface area contributed by atoms with Crippen LogP contribution in [-0.4, -0.2) is 16.9 Å². The fraction of sp³-hybridized carbons (Fsp3) is 0.200. The zero-order valence-corrected chi connectivity index (χ0v) is 9.29. The van der Waals surface area contributed by atoms with Crippen molar-refractivity contribution in [3.05, 3.63) is 39.9 Å². The molecule has 3 N–H and O–H groups in total. The molecular formula is C10H11N3O5. The van der Waals surface area contributed by atoms with Crippen molar-refractivity contribution in [1.82, 2.24) is 5.48 Å². The highest BCUT2D eigenvalue weighted by Gasteiger charge is 2.07. The van der Waals surface area contributed by atoms with Gasteiger partial charge in [-0.05, 0) is 12.0 Å². The van der Waals surface area contributed by atoms with E-state index in [2.05, 4.69) is 4.84 Å². The Labute approximate surface area is 102 Å². The lowest BCUT2D eigenvalue weighted by molar-refractivity contribution is -0.384. The Morgan fingerprint density at radius 3 is 2.44 bits per heavy atom. The second kappa shape index (κ2) is 6.18. The van der Waals surface area contributed by atoms with Crippen LogP contribution in [-0.2, 0) is 16.1 Å². The molecule has 0 radical (unpaired) electrons. The lowest BCUT2D eigenvalue weighted by Gasteiger charge is -2.03.